The second-order valence-electron chi connectivity index (χ2n) is 3.59. The van der Waals surface area contributed by atoms with E-state index in [1.165, 1.54) is 10.3 Å². The molecule has 82 valence electrons. The second-order valence-corrected chi connectivity index (χ2v) is 5.87. The van der Waals surface area contributed by atoms with E-state index in [9.17, 15) is 0 Å². The summed E-state index contributed by atoms with van der Waals surface area (Å²) in [6.07, 6.45) is 2.77. The molecule has 0 N–H and O–H groups in total. The van der Waals surface area contributed by atoms with Crippen molar-refractivity contribution in [3.8, 4) is 6.07 Å². The molecule has 0 radical (unpaired) electrons. The Balaban J connectivity index is 2.29. The van der Waals surface area contributed by atoms with Crippen molar-refractivity contribution >= 4 is 33.3 Å². The number of thiazole rings is 1. The zero-order valence-corrected chi connectivity index (χ0v) is 10.9. The van der Waals surface area contributed by atoms with Gasteiger partial charge in [-0.05, 0) is 37.3 Å². The molecule has 0 saturated heterocycles. The summed E-state index contributed by atoms with van der Waals surface area (Å²) in [5.74, 6) is 0. The fourth-order valence-electron chi connectivity index (χ4n) is 1.61. The molecule has 1 unspecified atom stereocenters. The Morgan fingerprint density at radius 1 is 1.56 bits per heavy atom. The van der Waals surface area contributed by atoms with Gasteiger partial charge < -0.3 is 0 Å². The number of thioether (sulfide) groups is 1. The van der Waals surface area contributed by atoms with Crippen LogP contribution in [0.25, 0.3) is 10.2 Å². The molecular formula is C12H12N2S2. The molecule has 0 spiro atoms. The van der Waals surface area contributed by atoms with Gasteiger partial charge in [0, 0.05) is 0 Å². The largest absolute Gasteiger partial charge is 0.242 e. The summed E-state index contributed by atoms with van der Waals surface area (Å²) in [5.41, 5.74) is 2.25. The Bertz CT molecular complexity index is 539. The smallest absolute Gasteiger partial charge is 0.0954 e. The molecule has 0 aliphatic rings. The fraction of sp³-hybridized carbons (Fsp3) is 0.333. The molecule has 0 saturated carbocycles. The summed E-state index contributed by atoms with van der Waals surface area (Å²) in [5, 5.41) is 10.1. The zero-order valence-electron chi connectivity index (χ0n) is 9.23. The van der Waals surface area contributed by atoms with Gasteiger partial charge in [-0.1, -0.05) is 6.07 Å². The van der Waals surface area contributed by atoms with Crippen LogP contribution in [0.15, 0.2) is 18.2 Å². The summed E-state index contributed by atoms with van der Waals surface area (Å²) >= 11 is 3.31. The molecule has 1 aromatic carbocycles. The first-order valence-corrected chi connectivity index (χ1v) is 7.12. The predicted molar refractivity (Wildman–Crippen MR) is 71.0 cm³/mol. The van der Waals surface area contributed by atoms with Crippen LogP contribution in [0.4, 0.5) is 0 Å². The van der Waals surface area contributed by atoms with Gasteiger partial charge in [0.2, 0.25) is 0 Å². The van der Waals surface area contributed by atoms with Crippen LogP contribution >= 0.6 is 23.1 Å². The Hall–Kier alpha value is -1.05. The highest BCUT2D eigenvalue weighted by molar-refractivity contribution is 7.99. The van der Waals surface area contributed by atoms with Crippen molar-refractivity contribution in [1.29, 1.82) is 5.26 Å². The number of rotatable bonds is 3. The molecule has 2 rings (SSSR count). The predicted octanol–water partition coefficient (Wildman–Crippen LogP) is 3.40. The molecule has 0 aliphatic heterocycles. The lowest BCUT2D eigenvalue weighted by atomic mass is 10.1. The number of aromatic nitrogens is 1. The van der Waals surface area contributed by atoms with E-state index in [1.54, 1.807) is 23.1 Å². The molecule has 1 atom stereocenters. The Morgan fingerprint density at radius 2 is 2.38 bits per heavy atom. The van der Waals surface area contributed by atoms with Crippen LogP contribution < -0.4 is 0 Å². The molecule has 1 heterocycles. The van der Waals surface area contributed by atoms with Crippen molar-refractivity contribution in [2.45, 2.75) is 18.6 Å². The first kappa shape index (κ1) is 11.4. The number of benzene rings is 1. The number of nitriles is 1. The highest BCUT2D eigenvalue weighted by atomic mass is 32.2. The molecule has 1 aromatic heterocycles. The van der Waals surface area contributed by atoms with E-state index in [4.69, 9.17) is 5.26 Å². The van der Waals surface area contributed by atoms with Crippen molar-refractivity contribution in [3.05, 3.63) is 28.8 Å². The van der Waals surface area contributed by atoms with Gasteiger partial charge in [-0.2, -0.15) is 5.26 Å². The third-order valence-corrected chi connectivity index (χ3v) is 4.20. The minimum Gasteiger partial charge on any atom is -0.242 e. The van der Waals surface area contributed by atoms with Crippen LogP contribution in [0.1, 0.15) is 10.6 Å². The summed E-state index contributed by atoms with van der Waals surface area (Å²) in [4.78, 5) is 4.46. The average Bonchev–Trinajstić information content (AvgIpc) is 2.65. The fourth-order valence-corrected chi connectivity index (χ4v) is 2.88. The Labute approximate surface area is 103 Å². The summed E-state index contributed by atoms with van der Waals surface area (Å²) < 4.78 is 1.22. The van der Waals surface area contributed by atoms with Crippen LogP contribution in [0, 0.1) is 18.3 Å². The third-order valence-electron chi connectivity index (χ3n) is 2.41. The van der Waals surface area contributed by atoms with Crippen LogP contribution in [-0.2, 0) is 6.42 Å². The first-order valence-electron chi connectivity index (χ1n) is 5.01. The van der Waals surface area contributed by atoms with E-state index in [1.807, 2.05) is 13.2 Å². The Morgan fingerprint density at radius 3 is 3.06 bits per heavy atom. The van der Waals surface area contributed by atoms with Crippen LogP contribution in [0.5, 0.6) is 0 Å². The highest BCUT2D eigenvalue weighted by Gasteiger charge is 2.08. The molecular weight excluding hydrogens is 236 g/mol. The molecule has 16 heavy (non-hydrogen) atoms. The normalized spacial score (nSPS) is 12.6. The number of aryl methyl sites for hydroxylation is 1. The van der Waals surface area contributed by atoms with Gasteiger partial charge in [-0.3, -0.25) is 0 Å². The van der Waals surface area contributed by atoms with Gasteiger partial charge in [0.15, 0.2) is 0 Å². The zero-order chi connectivity index (χ0) is 11.5. The van der Waals surface area contributed by atoms with Gasteiger partial charge in [-0.25, -0.2) is 4.98 Å². The molecule has 2 nitrogen and oxygen atoms in total. The molecule has 0 fully saturated rings. The molecule has 0 aliphatic carbocycles. The molecule has 0 amide bonds. The summed E-state index contributed by atoms with van der Waals surface area (Å²) in [6.45, 7) is 2.02. The third kappa shape index (κ3) is 2.37. The van der Waals surface area contributed by atoms with Crippen molar-refractivity contribution in [1.82, 2.24) is 4.98 Å². The lowest BCUT2D eigenvalue weighted by Gasteiger charge is -2.04. The van der Waals surface area contributed by atoms with E-state index >= 15 is 0 Å². The lowest BCUT2D eigenvalue weighted by Crippen LogP contribution is -2.02. The van der Waals surface area contributed by atoms with Gasteiger partial charge in [0.25, 0.3) is 0 Å². The quantitative estimate of drug-likeness (QED) is 0.835. The van der Waals surface area contributed by atoms with Gasteiger partial charge >= 0.3 is 0 Å². The first-order chi connectivity index (χ1) is 7.72. The number of hydrogen-bond donors (Lipinski definition) is 0. The van der Waals surface area contributed by atoms with Gasteiger partial charge in [0.1, 0.15) is 0 Å². The van der Waals surface area contributed by atoms with Crippen molar-refractivity contribution in [3.63, 3.8) is 0 Å². The summed E-state index contributed by atoms with van der Waals surface area (Å²) in [6, 6.07) is 8.59. The number of fused-ring (bicyclic) bond motifs is 1. The van der Waals surface area contributed by atoms with Crippen LogP contribution in [0.2, 0.25) is 0 Å². The maximum atomic E-state index is 8.92. The Kier molecular flexibility index (Phi) is 3.47. The number of nitrogens with zero attached hydrogens (tertiary/aromatic N) is 2. The number of hydrogen-bond acceptors (Lipinski definition) is 4. The van der Waals surface area contributed by atoms with Crippen molar-refractivity contribution < 1.29 is 0 Å². The lowest BCUT2D eigenvalue weighted by molar-refractivity contribution is 1.03. The van der Waals surface area contributed by atoms with Crippen LogP contribution in [0.3, 0.4) is 0 Å². The van der Waals surface area contributed by atoms with Crippen LogP contribution in [-0.4, -0.2) is 16.5 Å². The maximum absolute atomic E-state index is 8.92. The van der Waals surface area contributed by atoms with Gasteiger partial charge in [0.05, 0.1) is 26.5 Å². The van der Waals surface area contributed by atoms with E-state index in [0.717, 1.165) is 16.9 Å². The average molecular weight is 248 g/mol. The van der Waals surface area contributed by atoms with E-state index in [2.05, 4.69) is 29.3 Å². The minimum atomic E-state index is 0.0391. The summed E-state index contributed by atoms with van der Waals surface area (Å²) in [7, 11) is 0. The monoisotopic (exact) mass is 248 g/mol. The molecule has 2 aromatic rings. The highest BCUT2D eigenvalue weighted by Crippen LogP contribution is 2.23. The van der Waals surface area contributed by atoms with E-state index in [0.29, 0.717) is 0 Å². The van der Waals surface area contributed by atoms with E-state index < -0.39 is 0 Å². The van der Waals surface area contributed by atoms with Gasteiger partial charge in [-0.15, -0.1) is 23.1 Å². The van der Waals surface area contributed by atoms with Crippen molar-refractivity contribution in [2.24, 2.45) is 0 Å². The maximum Gasteiger partial charge on any atom is 0.0954 e. The minimum absolute atomic E-state index is 0.0391. The van der Waals surface area contributed by atoms with Crippen molar-refractivity contribution in [2.75, 3.05) is 6.26 Å². The topological polar surface area (TPSA) is 36.7 Å². The van der Waals surface area contributed by atoms with E-state index in [-0.39, 0.29) is 5.25 Å². The molecule has 4 heteroatoms. The second kappa shape index (κ2) is 4.86. The standard InChI is InChI=1S/C12H12N2S2/c1-8-14-11-6-9(3-4-12(11)16-8)5-10(7-13)15-2/h3-4,6,10H,5H2,1-2H3. The molecule has 0 bridgehead atoms. The SMILES string of the molecule is CSC(C#N)Cc1ccc2sc(C)nc2c1.